The van der Waals surface area contributed by atoms with Gasteiger partial charge in [0.05, 0.1) is 24.3 Å². The summed E-state index contributed by atoms with van der Waals surface area (Å²) >= 11 is 0. The molecule has 4 rings (SSSR count). The van der Waals surface area contributed by atoms with Crippen LogP contribution in [-0.4, -0.2) is 26.3 Å². The minimum absolute atomic E-state index is 0.0329. The molecule has 0 radical (unpaired) electrons. The van der Waals surface area contributed by atoms with Gasteiger partial charge in [0.2, 0.25) is 0 Å². The zero-order valence-electron chi connectivity index (χ0n) is 13.2. The molecular weight excluding hydrogens is 304 g/mol. The van der Waals surface area contributed by atoms with Crippen LogP contribution in [-0.2, 0) is 4.74 Å². The van der Waals surface area contributed by atoms with Gasteiger partial charge in [0.1, 0.15) is 0 Å². The van der Waals surface area contributed by atoms with Crippen molar-refractivity contribution in [2.24, 2.45) is 0 Å². The number of nitrogens with zero attached hydrogens (tertiary/aromatic N) is 1. The highest BCUT2D eigenvalue weighted by Gasteiger charge is 2.16. The standard InChI is InChI=1S/C19H18N2O3/c22-17-13-18(21-9-11-23-12-10-21)24-19-15(17)7-4-8-16(19)20-14-5-2-1-3-6-14/h1-8,13,20H,9-12H2. The largest absolute Gasteiger partial charge is 0.438 e. The number of ether oxygens (including phenoxy) is 1. The molecule has 0 amide bonds. The van der Waals surface area contributed by atoms with Gasteiger partial charge in [-0.1, -0.05) is 24.3 Å². The summed E-state index contributed by atoms with van der Waals surface area (Å²) in [4.78, 5) is 14.5. The minimum Gasteiger partial charge on any atom is -0.438 e. The second-order valence-electron chi connectivity index (χ2n) is 5.72. The van der Waals surface area contributed by atoms with Crippen molar-refractivity contribution in [2.45, 2.75) is 0 Å². The Bertz CT molecular complexity index is 899. The molecule has 24 heavy (non-hydrogen) atoms. The summed E-state index contributed by atoms with van der Waals surface area (Å²) in [6.07, 6.45) is 0. The van der Waals surface area contributed by atoms with Gasteiger partial charge in [0.15, 0.2) is 16.9 Å². The van der Waals surface area contributed by atoms with Crippen molar-refractivity contribution in [3.8, 4) is 0 Å². The number of benzene rings is 2. The molecule has 0 unspecified atom stereocenters. The zero-order chi connectivity index (χ0) is 16.4. The number of anilines is 3. The fourth-order valence-electron chi connectivity index (χ4n) is 2.88. The molecule has 0 spiro atoms. The molecule has 2 aromatic carbocycles. The lowest BCUT2D eigenvalue weighted by atomic mass is 10.2. The van der Waals surface area contributed by atoms with E-state index in [4.69, 9.17) is 9.15 Å². The van der Waals surface area contributed by atoms with Crippen molar-refractivity contribution < 1.29 is 9.15 Å². The summed E-state index contributed by atoms with van der Waals surface area (Å²) in [5.41, 5.74) is 2.28. The topological polar surface area (TPSA) is 54.7 Å². The molecule has 1 N–H and O–H groups in total. The maximum atomic E-state index is 12.5. The van der Waals surface area contributed by atoms with E-state index in [0.29, 0.717) is 30.1 Å². The average Bonchev–Trinajstić information content (AvgIpc) is 2.64. The Kier molecular flexibility index (Phi) is 3.92. The molecule has 5 nitrogen and oxygen atoms in total. The van der Waals surface area contributed by atoms with Crippen LogP contribution in [0.25, 0.3) is 11.0 Å². The zero-order valence-corrected chi connectivity index (χ0v) is 13.2. The van der Waals surface area contributed by atoms with E-state index in [1.165, 1.54) is 0 Å². The Balaban J connectivity index is 1.79. The first kappa shape index (κ1) is 14.8. The third-order valence-electron chi connectivity index (χ3n) is 4.12. The van der Waals surface area contributed by atoms with Gasteiger partial charge in [-0.2, -0.15) is 0 Å². The summed E-state index contributed by atoms with van der Waals surface area (Å²) in [6, 6.07) is 17.0. The van der Waals surface area contributed by atoms with Gasteiger partial charge >= 0.3 is 0 Å². The van der Waals surface area contributed by atoms with Crippen molar-refractivity contribution in [3.05, 3.63) is 64.8 Å². The van der Waals surface area contributed by atoms with E-state index in [2.05, 4.69) is 5.32 Å². The van der Waals surface area contributed by atoms with E-state index in [1.54, 1.807) is 12.1 Å². The number of hydrogen-bond acceptors (Lipinski definition) is 5. The van der Waals surface area contributed by atoms with Crippen LogP contribution in [0.1, 0.15) is 0 Å². The Labute approximate surface area is 139 Å². The van der Waals surface area contributed by atoms with Gasteiger partial charge in [0, 0.05) is 24.8 Å². The van der Waals surface area contributed by atoms with Crippen molar-refractivity contribution in [3.63, 3.8) is 0 Å². The number of para-hydroxylation sites is 2. The molecule has 0 atom stereocenters. The molecule has 1 aliphatic heterocycles. The van der Waals surface area contributed by atoms with E-state index in [1.807, 2.05) is 47.4 Å². The molecule has 0 bridgehead atoms. The fraction of sp³-hybridized carbons (Fsp3) is 0.211. The maximum absolute atomic E-state index is 12.5. The Morgan fingerprint density at radius 3 is 2.54 bits per heavy atom. The van der Waals surface area contributed by atoms with Gasteiger partial charge < -0.3 is 19.4 Å². The van der Waals surface area contributed by atoms with Crippen molar-refractivity contribution >= 4 is 28.2 Å². The molecular formula is C19H18N2O3. The molecule has 1 aliphatic rings. The summed E-state index contributed by atoms with van der Waals surface area (Å²) in [5.74, 6) is 0.595. The molecule has 122 valence electrons. The van der Waals surface area contributed by atoms with Crippen LogP contribution < -0.4 is 15.6 Å². The summed E-state index contributed by atoms with van der Waals surface area (Å²) in [5, 5.41) is 3.91. The lowest BCUT2D eigenvalue weighted by Crippen LogP contribution is -2.36. The lowest BCUT2D eigenvalue weighted by Gasteiger charge is -2.27. The molecule has 5 heteroatoms. The van der Waals surface area contributed by atoms with E-state index in [9.17, 15) is 4.79 Å². The van der Waals surface area contributed by atoms with E-state index < -0.39 is 0 Å². The van der Waals surface area contributed by atoms with Crippen molar-refractivity contribution in [1.82, 2.24) is 0 Å². The van der Waals surface area contributed by atoms with Crippen molar-refractivity contribution in [1.29, 1.82) is 0 Å². The molecule has 3 aromatic rings. The average molecular weight is 322 g/mol. The second kappa shape index (κ2) is 6.37. The van der Waals surface area contributed by atoms with Gasteiger partial charge in [-0.25, -0.2) is 0 Å². The number of morpholine rings is 1. The number of rotatable bonds is 3. The first-order valence-electron chi connectivity index (χ1n) is 8.03. The molecule has 1 aromatic heterocycles. The summed E-state index contributed by atoms with van der Waals surface area (Å²) < 4.78 is 11.5. The van der Waals surface area contributed by atoms with Crippen LogP contribution in [0.3, 0.4) is 0 Å². The predicted octanol–water partition coefficient (Wildman–Crippen LogP) is 3.37. The first-order chi connectivity index (χ1) is 11.8. The molecule has 0 saturated carbocycles. The van der Waals surface area contributed by atoms with Gasteiger partial charge in [0.25, 0.3) is 0 Å². The smallest absolute Gasteiger partial charge is 0.200 e. The van der Waals surface area contributed by atoms with Crippen LogP contribution in [0, 0.1) is 0 Å². The third-order valence-corrected chi connectivity index (χ3v) is 4.12. The monoisotopic (exact) mass is 322 g/mol. The molecule has 2 heterocycles. The van der Waals surface area contributed by atoms with E-state index in [0.717, 1.165) is 24.5 Å². The quantitative estimate of drug-likeness (QED) is 0.801. The minimum atomic E-state index is -0.0329. The van der Waals surface area contributed by atoms with Gasteiger partial charge in [-0.3, -0.25) is 4.79 Å². The highest BCUT2D eigenvalue weighted by Crippen LogP contribution is 2.28. The Morgan fingerprint density at radius 1 is 0.958 bits per heavy atom. The van der Waals surface area contributed by atoms with E-state index in [-0.39, 0.29) is 5.43 Å². The SMILES string of the molecule is O=c1cc(N2CCOCC2)oc2c(Nc3ccccc3)cccc12. The van der Waals surface area contributed by atoms with Crippen LogP contribution in [0.4, 0.5) is 17.3 Å². The highest BCUT2D eigenvalue weighted by molar-refractivity contribution is 5.91. The predicted molar refractivity (Wildman–Crippen MR) is 95.2 cm³/mol. The third kappa shape index (κ3) is 2.86. The second-order valence-corrected chi connectivity index (χ2v) is 5.72. The first-order valence-corrected chi connectivity index (χ1v) is 8.03. The number of hydrogen-bond donors (Lipinski definition) is 1. The normalized spacial score (nSPS) is 14.8. The molecule has 0 aliphatic carbocycles. The summed E-state index contributed by atoms with van der Waals surface area (Å²) in [6.45, 7) is 2.74. The molecule has 1 saturated heterocycles. The van der Waals surface area contributed by atoms with Crippen LogP contribution in [0.2, 0.25) is 0 Å². The number of nitrogens with one attached hydrogen (secondary N) is 1. The van der Waals surface area contributed by atoms with Crippen LogP contribution in [0.5, 0.6) is 0 Å². The highest BCUT2D eigenvalue weighted by atomic mass is 16.5. The van der Waals surface area contributed by atoms with E-state index >= 15 is 0 Å². The van der Waals surface area contributed by atoms with Crippen LogP contribution in [0.15, 0.2) is 63.8 Å². The Morgan fingerprint density at radius 2 is 1.75 bits per heavy atom. The Hall–Kier alpha value is -2.79. The van der Waals surface area contributed by atoms with Crippen LogP contribution >= 0.6 is 0 Å². The maximum Gasteiger partial charge on any atom is 0.200 e. The fourth-order valence-corrected chi connectivity index (χ4v) is 2.88. The number of fused-ring (bicyclic) bond motifs is 1. The van der Waals surface area contributed by atoms with Crippen molar-refractivity contribution in [2.75, 3.05) is 36.5 Å². The molecule has 1 fully saturated rings. The lowest BCUT2D eigenvalue weighted by molar-refractivity contribution is 0.121. The van der Waals surface area contributed by atoms with Gasteiger partial charge in [-0.05, 0) is 24.3 Å². The van der Waals surface area contributed by atoms with Gasteiger partial charge in [-0.15, -0.1) is 0 Å². The summed E-state index contributed by atoms with van der Waals surface area (Å²) in [7, 11) is 0.